The molecule has 0 amide bonds. The zero-order valence-corrected chi connectivity index (χ0v) is 11.2. The van der Waals surface area contributed by atoms with Gasteiger partial charge in [0.1, 0.15) is 39.2 Å². The Hall–Kier alpha value is -0.755. The van der Waals surface area contributed by atoms with Gasteiger partial charge in [-0.3, -0.25) is 0 Å². The first-order valence-corrected chi connectivity index (χ1v) is 6.00. The summed E-state index contributed by atoms with van der Waals surface area (Å²) >= 11 is 3.44. The van der Waals surface area contributed by atoms with Gasteiger partial charge in [-0.05, 0) is 17.2 Å². The van der Waals surface area contributed by atoms with E-state index in [2.05, 4.69) is 15.9 Å². The predicted molar refractivity (Wildman–Crippen MR) is 86.5 cm³/mol. The van der Waals surface area contributed by atoms with Crippen LogP contribution in [0, 0.1) is 0 Å². The minimum Gasteiger partial charge on any atom is -0.112 e. The van der Waals surface area contributed by atoms with E-state index in [1.54, 1.807) is 0 Å². The normalized spacial score (nSPS) is 10.5. The maximum Gasteiger partial charge on any atom is 0.113 e. The Morgan fingerprint density at radius 2 is 1.11 bits per heavy atom. The minimum atomic E-state index is 0.223. The summed E-state index contributed by atoms with van der Waals surface area (Å²) in [6.45, 7) is 0. The Kier molecular flexibility index (Phi) is 3.86. The zero-order valence-electron chi connectivity index (χ0n) is 9.57. The van der Waals surface area contributed by atoms with Gasteiger partial charge in [0.05, 0.1) is 0 Å². The summed E-state index contributed by atoms with van der Waals surface area (Å²) < 4.78 is 0.854. The van der Waals surface area contributed by atoms with Crippen LogP contribution < -0.4 is 27.3 Å². The van der Waals surface area contributed by atoms with Crippen molar-refractivity contribution in [2.45, 2.75) is 0 Å². The molecule has 2 aromatic carbocycles. The second kappa shape index (κ2) is 5.09. The summed E-state index contributed by atoms with van der Waals surface area (Å²) in [7, 11) is 29.4. The molecular weight excluding hydrogens is 278 g/mol. The third kappa shape index (κ3) is 2.11. The van der Waals surface area contributed by atoms with Crippen LogP contribution in [0.5, 0.6) is 0 Å². The van der Waals surface area contributed by atoms with E-state index in [9.17, 15) is 0 Å². The molecule has 0 spiro atoms. The average Bonchev–Trinajstić information content (AvgIpc) is 2.36. The Bertz CT molecular complexity index is 595. The fourth-order valence-corrected chi connectivity index (χ4v) is 2.29. The third-order valence-corrected chi connectivity index (χ3v) is 3.53. The van der Waals surface area contributed by atoms with Crippen LogP contribution in [0.2, 0.25) is 0 Å². The molecule has 2 aromatic rings. The van der Waals surface area contributed by atoms with Crippen LogP contribution in [0.3, 0.4) is 0 Å². The molecule has 6 heteroatoms. The van der Waals surface area contributed by atoms with Gasteiger partial charge >= 0.3 is 0 Å². The molecule has 18 heavy (non-hydrogen) atoms. The van der Waals surface area contributed by atoms with Gasteiger partial charge in [0.15, 0.2) is 0 Å². The number of halogens is 1. The Morgan fingerprint density at radius 3 is 1.61 bits per heavy atom. The van der Waals surface area contributed by atoms with Gasteiger partial charge in [-0.2, -0.15) is 0 Å². The summed E-state index contributed by atoms with van der Waals surface area (Å²) in [6.07, 6.45) is 0. The highest BCUT2D eigenvalue weighted by Crippen LogP contribution is 2.24. The first kappa shape index (κ1) is 13.7. The van der Waals surface area contributed by atoms with Crippen LogP contribution in [0.15, 0.2) is 28.7 Å². The van der Waals surface area contributed by atoms with Crippen molar-refractivity contribution in [2.24, 2.45) is 0 Å². The summed E-state index contributed by atoms with van der Waals surface area (Å²) in [5, 5.41) is 0. The average molecular weight is 282 g/mol. The monoisotopic (exact) mass is 282 g/mol. The van der Waals surface area contributed by atoms with Crippen molar-refractivity contribution in [3.63, 3.8) is 0 Å². The molecule has 0 nitrogen and oxygen atoms in total. The Balaban J connectivity index is 2.85. The minimum absolute atomic E-state index is 0.223. The first-order chi connectivity index (χ1) is 8.45. The summed E-state index contributed by atoms with van der Waals surface area (Å²) in [5.74, 6) is 0. The van der Waals surface area contributed by atoms with E-state index in [4.69, 9.17) is 39.2 Å². The summed E-state index contributed by atoms with van der Waals surface area (Å²) in [4.78, 5) is 0. The molecule has 0 heterocycles. The highest BCUT2D eigenvalue weighted by atomic mass is 79.9. The number of rotatable bonds is 1. The fourth-order valence-electron chi connectivity index (χ4n) is 1.80. The Morgan fingerprint density at radius 1 is 0.667 bits per heavy atom. The second-order valence-electron chi connectivity index (χ2n) is 3.92. The van der Waals surface area contributed by atoms with Gasteiger partial charge in [0.2, 0.25) is 0 Å². The molecule has 2 rings (SSSR count). The number of hydrogen-bond donors (Lipinski definition) is 0. The molecule has 0 unspecified atom stereocenters. The quantitative estimate of drug-likeness (QED) is 0.535. The van der Waals surface area contributed by atoms with Crippen LogP contribution in [0.25, 0.3) is 11.1 Å². The van der Waals surface area contributed by atoms with Crippen molar-refractivity contribution in [2.75, 3.05) is 0 Å². The SMILES string of the molecule is [B]c1c([B])c([B])c(-c2ccccc2Br)c([B])c1[B]. The predicted octanol–water partition coefficient (Wildman–Crippen LogP) is -1.91. The lowest BCUT2D eigenvalue weighted by Gasteiger charge is -2.21. The van der Waals surface area contributed by atoms with E-state index in [0.717, 1.165) is 10.0 Å². The largest absolute Gasteiger partial charge is 0.113 e. The van der Waals surface area contributed by atoms with Crippen molar-refractivity contribution in [3.05, 3.63) is 28.7 Å². The standard InChI is InChI=1S/C12H4B5Br/c13-8-7(5-3-1-2-4-6(5)18)9(14)11(16)12(17)10(8)15/h1-4H. The molecule has 0 aliphatic rings. The molecule has 0 aromatic heterocycles. The van der Waals surface area contributed by atoms with E-state index in [1.807, 2.05) is 24.3 Å². The van der Waals surface area contributed by atoms with Gasteiger partial charge < -0.3 is 0 Å². The molecule has 10 radical (unpaired) electrons. The highest BCUT2D eigenvalue weighted by molar-refractivity contribution is 9.10. The van der Waals surface area contributed by atoms with Gasteiger partial charge in [-0.25, -0.2) is 0 Å². The molecular formula is C12H4B5Br. The zero-order chi connectivity index (χ0) is 13.4. The first-order valence-electron chi connectivity index (χ1n) is 5.21. The fraction of sp³-hybridized carbons (Fsp3) is 0. The molecule has 0 fully saturated rings. The lowest BCUT2D eigenvalue weighted by Crippen LogP contribution is -2.55. The van der Waals surface area contributed by atoms with E-state index in [1.165, 1.54) is 0 Å². The smallest absolute Gasteiger partial charge is 0.112 e. The van der Waals surface area contributed by atoms with E-state index < -0.39 is 0 Å². The van der Waals surface area contributed by atoms with E-state index in [-0.39, 0.29) is 16.4 Å². The van der Waals surface area contributed by atoms with E-state index >= 15 is 0 Å². The molecule has 0 bridgehead atoms. The van der Waals surface area contributed by atoms with Gasteiger partial charge in [-0.15, -0.1) is 16.4 Å². The molecule has 0 saturated carbocycles. The molecule has 0 N–H and O–H groups in total. The van der Waals surface area contributed by atoms with Crippen LogP contribution in [0.4, 0.5) is 0 Å². The number of hydrogen-bond acceptors (Lipinski definition) is 0. The summed E-state index contributed by atoms with van der Waals surface area (Å²) in [5.41, 5.74) is 2.84. The molecule has 0 aliphatic carbocycles. The van der Waals surface area contributed by atoms with E-state index in [0.29, 0.717) is 16.5 Å². The topological polar surface area (TPSA) is 0 Å². The van der Waals surface area contributed by atoms with Crippen LogP contribution in [-0.4, -0.2) is 39.2 Å². The van der Waals surface area contributed by atoms with Crippen LogP contribution in [0.1, 0.15) is 0 Å². The lowest BCUT2D eigenvalue weighted by molar-refractivity contribution is 1.64. The van der Waals surface area contributed by atoms with Gasteiger partial charge in [0, 0.05) is 4.47 Å². The highest BCUT2D eigenvalue weighted by Gasteiger charge is 2.13. The van der Waals surface area contributed by atoms with Crippen LogP contribution in [-0.2, 0) is 0 Å². The van der Waals surface area contributed by atoms with Gasteiger partial charge in [-0.1, -0.05) is 45.1 Å². The van der Waals surface area contributed by atoms with Crippen molar-refractivity contribution < 1.29 is 0 Å². The summed E-state index contributed by atoms with van der Waals surface area (Å²) in [6, 6.07) is 7.53. The molecule has 74 valence electrons. The maximum absolute atomic E-state index is 5.99. The maximum atomic E-state index is 5.99. The van der Waals surface area contributed by atoms with Crippen molar-refractivity contribution in [3.8, 4) is 11.1 Å². The van der Waals surface area contributed by atoms with Crippen molar-refractivity contribution in [1.29, 1.82) is 0 Å². The molecule has 0 aliphatic heterocycles. The second-order valence-corrected chi connectivity index (χ2v) is 4.78. The Labute approximate surface area is 122 Å². The lowest BCUT2D eigenvalue weighted by atomic mass is 9.60. The van der Waals surface area contributed by atoms with Crippen molar-refractivity contribution >= 4 is 82.5 Å². The third-order valence-electron chi connectivity index (χ3n) is 2.84. The number of benzene rings is 2. The van der Waals surface area contributed by atoms with Crippen molar-refractivity contribution in [1.82, 2.24) is 0 Å². The van der Waals surface area contributed by atoms with Crippen LogP contribution >= 0.6 is 15.9 Å². The molecule has 0 saturated heterocycles. The van der Waals surface area contributed by atoms with Gasteiger partial charge in [0.25, 0.3) is 0 Å². The molecule has 0 atom stereocenters.